The smallest absolute Gasteiger partial charge is 0.0454 e. The summed E-state index contributed by atoms with van der Waals surface area (Å²) in [5, 5.41) is 0. The van der Waals surface area contributed by atoms with E-state index in [1.54, 1.807) is 0 Å². The predicted octanol–water partition coefficient (Wildman–Crippen LogP) is 4.15. The summed E-state index contributed by atoms with van der Waals surface area (Å²) in [6.45, 7) is 0. The van der Waals surface area contributed by atoms with Crippen LogP contribution in [0.1, 0.15) is 22.4 Å². The topological polar surface area (TPSA) is 38.9 Å². The highest BCUT2D eigenvalue weighted by Gasteiger charge is 2.33. The fourth-order valence-corrected chi connectivity index (χ4v) is 4.45. The summed E-state index contributed by atoms with van der Waals surface area (Å²) < 4.78 is 0. The number of thiophene rings is 1. The molecule has 2 aromatic heterocycles. The largest absolute Gasteiger partial charge is 0.321 e. The molecule has 2 heterocycles. The van der Waals surface area contributed by atoms with Crippen molar-refractivity contribution in [2.75, 3.05) is 0 Å². The van der Waals surface area contributed by atoms with Crippen LogP contribution < -0.4 is 5.73 Å². The van der Waals surface area contributed by atoms with Crippen LogP contribution in [-0.2, 0) is 18.4 Å². The van der Waals surface area contributed by atoms with Gasteiger partial charge in [-0.3, -0.25) is 4.98 Å². The van der Waals surface area contributed by atoms with Crippen molar-refractivity contribution in [3.8, 4) is 10.4 Å². The number of hydrogen-bond acceptors (Lipinski definition) is 3. The van der Waals surface area contributed by atoms with Gasteiger partial charge in [0.25, 0.3) is 0 Å². The van der Waals surface area contributed by atoms with Gasteiger partial charge in [-0.2, -0.15) is 0 Å². The molecule has 3 heteroatoms. The number of aromatic nitrogens is 1. The fraction of sp³-hybridized carbons (Fsp3) is 0.211. The Morgan fingerprint density at radius 3 is 2.59 bits per heavy atom. The fourth-order valence-electron chi connectivity index (χ4n) is 3.27. The van der Waals surface area contributed by atoms with E-state index >= 15 is 0 Å². The average Bonchev–Trinajstić information content (AvgIpc) is 2.99. The van der Waals surface area contributed by atoms with E-state index in [2.05, 4.69) is 47.4 Å². The minimum atomic E-state index is -0.231. The van der Waals surface area contributed by atoms with Crippen LogP contribution in [0.25, 0.3) is 10.4 Å². The molecule has 1 aromatic carbocycles. The molecule has 22 heavy (non-hydrogen) atoms. The summed E-state index contributed by atoms with van der Waals surface area (Å²) in [6, 6.07) is 17.0. The third-order valence-electron chi connectivity index (χ3n) is 4.51. The zero-order valence-corrected chi connectivity index (χ0v) is 13.1. The zero-order valence-electron chi connectivity index (χ0n) is 12.3. The zero-order chi connectivity index (χ0) is 15.0. The summed E-state index contributed by atoms with van der Waals surface area (Å²) >= 11 is 1.90. The highest BCUT2D eigenvalue weighted by atomic mass is 32.1. The molecule has 1 unspecified atom stereocenters. The molecule has 0 bridgehead atoms. The van der Waals surface area contributed by atoms with Crippen LogP contribution in [0.15, 0.2) is 60.9 Å². The molecule has 4 rings (SSSR count). The van der Waals surface area contributed by atoms with Crippen LogP contribution in [-0.4, -0.2) is 4.98 Å². The number of aryl methyl sites for hydroxylation is 1. The Morgan fingerprint density at radius 1 is 1.05 bits per heavy atom. The third-order valence-corrected chi connectivity index (χ3v) is 5.80. The van der Waals surface area contributed by atoms with E-state index in [0.29, 0.717) is 0 Å². The van der Waals surface area contributed by atoms with Crippen molar-refractivity contribution in [2.24, 2.45) is 5.73 Å². The molecule has 1 atom stereocenters. The molecule has 2 N–H and O–H groups in total. The van der Waals surface area contributed by atoms with Crippen LogP contribution in [0.3, 0.4) is 0 Å². The van der Waals surface area contributed by atoms with Gasteiger partial charge in [-0.15, -0.1) is 11.3 Å². The molecule has 1 aliphatic carbocycles. The second-order valence-corrected chi connectivity index (χ2v) is 7.13. The van der Waals surface area contributed by atoms with Gasteiger partial charge in [0.1, 0.15) is 0 Å². The maximum absolute atomic E-state index is 6.74. The number of nitrogens with two attached hydrogens (primary N) is 1. The van der Waals surface area contributed by atoms with E-state index in [1.165, 1.54) is 26.4 Å². The Balaban J connectivity index is 1.68. The summed E-state index contributed by atoms with van der Waals surface area (Å²) in [6.07, 6.45) is 6.71. The number of hydrogen-bond donors (Lipinski definition) is 1. The molecule has 0 saturated carbocycles. The lowest BCUT2D eigenvalue weighted by Gasteiger charge is -2.34. The molecule has 0 amide bonds. The summed E-state index contributed by atoms with van der Waals surface area (Å²) in [7, 11) is 0. The van der Waals surface area contributed by atoms with Gasteiger partial charge in [0, 0.05) is 27.7 Å². The lowest BCUT2D eigenvalue weighted by Crippen LogP contribution is -2.41. The van der Waals surface area contributed by atoms with Crippen LogP contribution in [0.5, 0.6) is 0 Å². The van der Waals surface area contributed by atoms with E-state index < -0.39 is 0 Å². The third kappa shape index (κ3) is 2.36. The van der Waals surface area contributed by atoms with Crippen LogP contribution in [0, 0.1) is 0 Å². The number of benzene rings is 1. The quantitative estimate of drug-likeness (QED) is 0.772. The highest BCUT2D eigenvalue weighted by molar-refractivity contribution is 7.15. The van der Waals surface area contributed by atoms with Crippen LogP contribution in [0.4, 0.5) is 0 Å². The van der Waals surface area contributed by atoms with Gasteiger partial charge in [0.15, 0.2) is 0 Å². The number of fused-ring (bicyclic) bond motifs is 1. The maximum atomic E-state index is 6.74. The highest BCUT2D eigenvalue weighted by Crippen LogP contribution is 2.41. The molecule has 0 spiro atoms. The van der Waals surface area contributed by atoms with Gasteiger partial charge in [-0.1, -0.05) is 30.3 Å². The van der Waals surface area contributed by atoms with Crippen molar-refractivity contribution in [2.45, 2.75) is 24.8 Å². The summed E-state index contributed by atoms with van der Waals surface area (Å²) in [5.74, 6) is 0. The standard InChI is InChI=1S/C19H18N2S/c20-19(16-4-2-1-3-5-16)9-6-17-15(13-19)12-18(22-17)14-7-10-21-11-8-14/h1-5,7-8,10-12H,6,9,13,20H2. The molecular formula is C19H18N2S. The van der Waals surface area contributed by atoms with Gasteiger partial charge < -0.3 is 5.73 Å². The predicted molar refractivity (Wildman–Crippen MR) is 91.9 cm³/mol. The first-order chi connectivity index (χ1) is 10.7. The maximum Gasteiger partial charge on any atom is 0.0454 e. The van der Waals surface area contributed by atoms with Gasteiger partial charge in [-0.25, -0.2) is 0 Å². The Labute approximate surface area is 134 Å². The first-order valence-electron chi connectivity index (χ1n) is 7.61. The second kappa shape index (κ2) is 5.34. The molecule has 1 aliphatic rings. The minimum Gasteiger partial charge on any atom is -0.321 e. The monoisotopic (exact) mass is 306 g/mol. The first-order valence-corrected chi connectivity index (χ1v) is 8.43. The van der Waals surface area contributed by atoms with E-state index in [4.69, 9.17) is 5.73 Å². The van der Waals surface area contributed by atoms with Gasteiger partial charge in [-0.05, 0) is 54.2 Å². The second-order valence-electron chi connectivity index (χ2n) is 5.99. The number of nitrogens with zero attached hydrogens (tertiary/aromatic N) is 1. The van der Waals surface area contributed by atoms with E-state index in [1.807, 2.05) is 29.8 Å². The molecule has 0 aliphatic heterocycles. The minimum absolute atomic E-state index is 0.231. The number of pyridine rings is 1. The summed E-state index contributed by atoms with van der Waals surface area (Å²) in [5.41, 5.74) is 10.4. The van der Waals surface area contributed by atoms with Gasteiger partial charge in [0.2, 0.25) is 0 Å². The molecule has 0 radical (unpaired) electrons. The normalized spacial score (nSPS) is 20.6. The molecule has 2 nitrogen and oxygen atoms in total. The van der Waals surface area contributed by atoms with Crippen molar-refractivity contribution in [3.63, 3.8) is 0 Å². The first kappa shape index (κ1) is 13.7. The van der Waals surface area contributed by atoms with Crippen molar-refractivity contribution < 1.29 is 0 Å². The number of rotatable bonds is 2. The van der Waals surface area contributed by atoms with E-state index in [-0.39, 0.29) is 5.54 Å². The molecular weight excluding hydrogens is 288 g/mol. The van der Waals surface area contributed by atoms with Crippen LogP contribution in [0.2, 0.25) is 0 Å². The van der Waals surface area contributed by atoms with Crippen molar-refractivity contribution in [1.29, 1.82) is 0 Å². The van der Waals surface area contributed by atoms with E-state index in [0.717, 1.165) is 19.3 Å². The van der Waals surface area contributed by atoms with Crippen molar-refractivity contribution in [1.82, 2.24) is 4.98 Å². The lowest BCUT2D eigenvalue weighted by atomic mass is 9.77. The van der Waals surface area contributed by atoms with Crippen molar-refractivity contribution in [3.05, 3.63) is 76.9 Å². The molecule has 0 saturated heterocycles. The average molecular weight is 306 g/mol. The van der Waals surface area contributed by atoms with Crippen LogP contribution >= 0.6 is 11.3 Å². The van der Waals surface area contributed by atoms with Crippen molar-refractivity contribution >= 4 is 11.3 Å². The SMILES string of the molecule is NC1(c2ccccc2)CCc2sc(-c3ccncc3)cc2C1. The molecule has 0 fully saturated rings. The molecule has 110 valence electrons. The Morgan fingerprint density at radius 2 is 1.82 bits per heavy atom. The summed E-state index contributed by atoms with van der Waals surface area (Å²) in [4.78, 5) is 6.91. The van der Waals surface area contributed by atoms with Gasteiger partial charge >= 0.3 is 0 Å². The lowest BCUT2D eigenvalue weighted by molar-refractivity contribution is 0.388. The molecule has 3 aromatic rings. The van der Waals surface area contributed by atoms with Gasteiger partial charge in [0.05, 0.1) is 0 Å². The Bertz CT molecular complexity index is 780. The van der Waals surface area contributed by atoms with E-state index in [9.17, 15) is 0 Å². The Hall–Kier alpha value is -1.97. The Kier molecular flexibility index (Phi) is 3.32.